The molecule has 0 aliphatic heterocycles. The Hall–Kier alpha value is -8.56. The number of thiophene rings is 1. The van der Waals surface area contributed by atoms with Gasteiger partial charge in [0.05, 0.1) is 21.2 Å². The molecule has 11 aromatic carbocycles. The molecule has 326 valence electrons. The Kier molecular flexibility index (Phi) is 8.43. The van der Waals surface area contributed by atoms with Crippen LogP contribution in [-0.4, -0.2) is 0 Å². The van der Waals surface area contributed by atoms with Crippen LogP contribution in [0.15, 0.2) is 261 Å². The summed E-state index contributed by atoms with van der Waals surface area (Å²) in [5.41, 5.74) is 23.0. The molecule has 3 aliphatic carbocycles. The van der Waals surface area contributed by atoms with Gasteiger partial charge in [-0.15, -0.1) is 11.3 Å². The van der Waals surface area contributed by atoms with Crippen molar-refractivity contribution in [3.8, 4) is 44.5 Å². The Morgan fingerprint density at radius 3 is 1.40 bits per heavy atom. The van der Waals surface area contributed by atoms with Crippen LogP contribution in [0.1, 0.15) is 44.5 Å². The van der Waals surface area contributed by atoms with Crippen molar-refractivity contribution in [2.45, 2.75) is 10.8 Å². The molecule has 0 amide bonds. The predicted molar refractivity (Wildman–Crippen MR) is 293 cm³/mol. The molecule has 0 saturated heterocycles. The smallest absolute Gasteiger partial charge is 0.0726 e. The zero-order valence-electron chi connectivity index (χ0n) is 38.2. The molecule has 70 heavy (non-hydrogen) atoms. The number of hydrogen-bond acceptors (Lipinski definition) is 2. The molecule has 0 bridgehead atoms. The van der Waals surface area contributed by atoms with Crippen LogP contribution in [0.3, 0.4) is 0 Å². The van der Waals surface area contributed by atoms with Gasteiger partial charge >= 0.3 is 0 Å². The van der Waals surface area contributed by atoms with Crippen LogP contribution in [-0.2, 0) is 10.8 Å². The van der Waals surface area contributed by atoms with Crippen LogP contribution in [0.5, 0.6) is 0 Å². The lowest BCUT2D eigenvalue weighted by Gasteiger charge is -2.36. The zero-order chi connectivity index (χ0) is 46.0. The van der Waals surface area contributed by atoms with Gasteiger partial charge in [0.25, 0.3) is 0 Å². The standard InChI is InChI=1S/C68H43NS/c1-3-18-44(19-4-1)45-34-37-48(38-35-45)69(64-32-17-27-57-56-26-11-16-33-65(56)70-66(57)64)49-39-41-55-54-40-36-47(42-62(54)68(63(55)43-49)60-30-14-9-24-52(60)53-25-10-15-31-61(53)68)67(46-20-5-2-6-21-46)58-28-12-7-22-50(58)51-23-8-13-29-59(51)67/h1-43H. The number of nitrogens with zero attached hydrogens (tertiary/aromatic N) is 1. The molecule has 1 nitrogen and oxygen atoms in total. The molecule has 12 aromatic rings. The van der Waals surface area contributed by atoms with E-state index in [1.165, 1.54) is 115 Å². The second-order valence-corrected chi connectivity index (χ2v) is 20.1. The van der Waals surface area contributed by atoms with E-state index in [1.54, 1.807) is 0 Å². The van der Waals surface area contributed by atoms with Crippen molar-refractivity contribution in [1.29, 1.82) is 0 Å². The lowest BCUT2D eigenvalue weighted by molar-refractivity contribution is 0.751. The van der Waals surface area contributed by atoms with E-state index >= 15 is 0 Å². The topological polar surface area (TPSA) is 3.24 Å². The predicted octanol–water partition coefficient (Wildman–Crippen LogP) is 17.9. The van der Waals surface area contributed by atoms with Gasteiger partial charge in [-0.3, -0.25) is 0 Å². The monoisotopic (exact) mass is 905 g/mol. The summed E-state index contributed by atoms with van der Waals surface area (Å²) >= 11 is 1.88. The minimum atomic E-state index is -0.591. The van der Waals surface area contributed by atoms with Gasteiger partial charge in [0.2, 0.25) is 0 Å². The van der Waals surface area contributed by atoms with Crippen LogP contribution in [0.2, 0.25) is 0 Å². The first-order valence-corrected chi connectivity index (χ1v) is 25.1. The third-order valence-electron chi connectivity index (χ3n) is 15.8. The van der Waals surface area contributed by atoms with Crippen molar-refractivity contribution < 1.29 is 0 Å². The number of anilines is 3. The molecule has 0 fully saturated rings. The molecule has 1 heterocycles. The first kappa shape index (κ1) is 39.4. The summed E-state index contributed by atoms with van der Waals surface area (Å²) in [4.78, 5) is 2.51. The Labute approximate surface area is 411 Å². The van der Waals surface area contributed by atoms with E-state index in [9.17, 15) is 0 Å². The van der Waals surface area contributed by atoms with Crippen molar-refractivity contribution in [3.05, 3.63) is 305 Å². The number of benzene rings is 11. The van der Waals surface area contributed by atoms with Crippen molar-refractivity contribution in [2.24, 2.45) is 0 Å². The minimum absolute atomic E-state index is 0.534. The Balaban J connectivity index is 1.01. The first-order chi connectivity index (χ1) is 34.7. The van der Waals surface area contributed by atoms with Gasteiger partial charge in [-0.05, 0) is 125 Å². The normalized spacial score (nSPS) is 13.9. The molecule has 1 spiro atoms. The fraction of sp³-hybridized carbons (Fsp3) is 0.0294. The fourth-order valence-corrected chi connectivity index (χ4v) is 14.2. The number of rotatable bonds is 6. The first-order valence-electron chi connectivity index (χ1n) is 24.3. The molecule has 0 atom stereocenters. The molecule has 0 saturated carbocycles. The Bertz CT molecular complexity index is 3980. The van der Waals surface area contributed by atoms with Crippen molar-refractivity contribution in [2.75, 3.05) is 4.90 Å². The second kappa shape index (κ2) is 15.0. The van der Waals surface area contributed by atoms with Crippen LogP contribution in [0.4, 0.5) is 17.1 Å². The van der Waals surface area contributed by atoms with Gasteiger partial charge in [0, 0.05) is 26.8 Å². The van der Waals surface area contributed by atoms with E-state index in [4.69, 9.17) is 0 Å². The largest absolute Gasteiger partial charge is 0.309 e. The van der Waals surface area contributed by atoms with Gasteiger partial charge < -0.3 is 4.90 Å². The third kappa shape index (κ3) is 5.26. The average molecular weight is 906 g/mol. The van der Waals surface area contributed by atoms with E-state index < -0.39 is 10.8 Å². The summed E-state index contributed by atoms with van der Waals surface area (Å²) in [5.74, 6) is 0. The molecule has 1 aromatic heterocycles. The highest BCUT2D eigenvalue weighted by Gasteiger charge is 2.53. The van der Waals surface area contributed by atoms with Crippen molar-refractivity contribution in [3.63, 3.8) is 0 Å². The maximum Gasteiger partial charge on any atom is 0.0726 e. The van der Waals surface area contributed by atoms with E-state index in [-0.39, 0.29) is 0 Å². The van der Waals surface area contributed by atoms with Crippen LogP contribution >= 0.6 is 11.3 Å². The van der Waals surface area contributed by atoms with E-state index in [0.717, 1.165) is 11.4 Å². The molecule has 2 heteroatoms. The Morgan fingerprint density at radius 2 is 0.757 bits per heavy atom. The van der Waals surface area contributed by atoms with Gasteiger partial charge in [-0.1, -0.05) is 224 Å². The maximum atomic E-state index is 2.61. The van der Waals surface area contributed by atoms with Gasteiger partial charge in [0.15, 0.2) is 0 Å². The third-order valence-corrected chi connectivity index (χ3v) is 17.0. The summed E-state index contributed by atoms with van der Waals surface area (Å²) < 4.78 is 2.57. The number of hydrogen-bond donors (Lipinski definition) is 0. The second-order valence-electron chi connectivity index (χ2n) is 19.0. The van der Waals surface area contributed by atoms with Crippen LogP contribution < -0.4 is 4.90 Å². The minimum Gasteiger partial charge on any atom is -0.309 e. The summed E-state index contributed by atoms with van der Waals surface area (Å²) in [7, 11) is 0. The lowest BCUT2D eigenvalue weighted by atomic mass is 9.65. The molecule has 15 rings (SSSR count). The average Bonchev–Trinajstić information content (AvgIpc) is 4.15. The van der Waals surface area contributed by atoms with E-state index in [1.807, 2.05) is 11.3 Å². The molecule has 0 radical (unpaired) electrons. The SMILES string of the molecule is c1ccc(-c2ccc(N(c3ccc4c(c3)C3(c5ccccc5-c5ccccc53)c3cc(C5(c6ccccc6)c6ccccc6-c6ccccc65)ccc3-4)c3cccc4c3sc3ccccc34)cc2)cc1. The van der Waals surface area contributed by atoms with Gasteiger partial charge in [-0.2, -0.15) is 0 Å². The quantitative estimate of drug-likeness (QED) is 0.161. The van der Waals surface area contributed by atoms with E-state index in [0.29, 0.717) is 0 Å². The summed E-state index contributed by atoms with van der Waals surface area (Å²) in [6.07, 6.45) is 0. The summed E-state index contributed by atoms with van der Waals surface area (Å²) in [5, 5.41) is 2.57. The van der Waals surface area contributed by atoms with Crippen molar-refractivity contribution >= 4 is 48.6 Å². The Morgan fingerprint density at radius 1 is 0.286 bits per heavy atom. The summed E-state index contributed by atoms with van der Waals surface area (Å²) in [6, 6.07) is 98.2. The van der Waals surface area contributed by atoms with Crippen LogP contribution in [0.25, 0.3) is 64.7 Å². The van der Waals surface area contributed by atoms with Gasteiger partial charge in [0.1, 0.15) is 0 Å². The maximum absolute atomic E-state index is 2.61. The molecule has 0 N–H and O–H groups in total. The molecular weight excluding hydrogens is 863 g/mol. The fourth-order valence-electron chi connectivity index (χ4n) is 13.0. The zero-order valence-corrected chi connectivity index (χ0v) is 39.0. The van der Waals surface area contributed by atoms with Crippen LogP contribution in [0, 0.1) is 0 Å². The number of fused-ring (bicyclic) bond motifs is 16. The molecule has 3 aliphatic rings. The van der Waals surface area contributed by atoms with E-state index in [2.05, 4.69) is 266 Å². The highest BCUT2D eigenvalue weighted by molar-refractivity contribution is 7.26. The van der Waals surface area contributed by atoms with Crippen molar-refractivity contribution in [1.82, 2.24) is 0 Å². The molecule has 0 unspecified atom stereocenters. The highest BCUT2D eigenvalue weighted by atomic mass is 32.1. The summed E-state index contributed by atoms with van der Waals surface area (Å²) in [6.45, 7) is 0. The van der Waals surface area contributed by atoms with Gasteiger partial charge in [-0.25, -0.2) is 0 Å². The highest BCUT2D eigenvalue weighted by Crippen LogP contribution is 2.65. The lowest BCUT2D eigenvalue weighted by Crippen LogP contribution is -2.30. The molecular formula is C68H43NS.